The molecule has 0 saturated carbocycles. The van der Waals surface area contributed by atoms with E-state index in [4.69, 9.17) is 11.6 Å². The zero-order chi connectivity index (χ0) is 13.1. The molecule has 96 valence electrons. The number of rotatable bonds is 4. The molecule has 0 amide bonds. The van der Waals surface area contributed by atoms with Gasteiger partial charge in [-0.05, 0) is 41.8 Å². The molecule has 0 radical (unpaired) electrons. The highest BCUT2D eigenvalue weighted by molar-refractivity contribution is 9.11. The summed E-state index contributed by atoms with van der Waals surface area (Å²) in [7, 11) is 0. The fourth-order valence-corrected chi connectivity index (χ4v) is 4.42. The largest absolute Gasteiger partial charge is 0.306 e. The molecule has 1 aromatic heterocycles. The standard InChI is InChI=1S/C13H12Br2ClNS/c1-2-17-12(13-11(16)3-4-18-13)8-5-9(14)7-10(15)6-8/h3-7,12,17H,2H2,1H3. The molecule has 1 nitrogen and oxygen atoms in total. The van der Waals surface area contributed by atoms with Gasteiger partial charge in [-0.15, -0.1) is 11.3 Å². The second kappa shape index (κ2) is 6.53. The molecular weight excluding hydrogens is 397 g/mol. The Bertz CT molecular complexity index is 521. The molecule has 1 aromatic carbocycles. The highest BCUT2D eigenvalue weighted by Gasteiger charge is 2.18. The van der Waals surface area contributed by atoms with Crippen LogP contribution in [0.4, 0.5) is 0 Å². The summed E-state index contributed by atoms with van der Waals surface area (Å²) >= 11 is 15.0. The lowest BCUT2D eigenvalue weighted by molar-refractivity contribution is 0.639. The maximum Gasteiger partial charge on any atom is 0.0686 e. The predicted octanol–water partition coefficient (Wildman–Crippen LogP) is 5.63. The van der Waals surface area contributed by atoms with E-state index in [0.29, 0.717) is 0 Å². The summed E-state index contributed by atoms with van der Waals surface area (Å²) in [5, 5.41) is 6.33. The number of hydrogen-bond acceptors (Lipinski definition) is 2. The van der Waals surface area contributed by atoms with Crippen LogP contribution in [-0.2, 0) is 0 Å². The topological polar surface area (TPSA) is 12.0 Å². The molecule has 0 aliphatic rings. The van der Waals surface area contributed by atoms with Gasteiger partial charge in [-0.1, -0.05) is 50.4 Å². The Morgan fingerprint density at radius 1 is 1.28 bits per heavy atom. The second-order valence-electron chi connectivity index (χ2n) is 3.83. The van der Waals surface area contributed by atoms with Crippen LogP contribution in [0.15, 0.2) is 38.6 Å². The van der Waals surface area contributed by atoms with Crippen molar-refractivity contribution in [3.8, 4) is 0 Å². The summed E-state index contributed by atoms with van der Waals surface area (Å²) in [5.41, 5.74) is 1.20. The molecule has 1 atom stereocenters. The average molecular weight is 410 g/mol. The summed E-state index contributed by atoms with van der Waals surface area (Å²) in [5.74, 6) is 0. The minimum atomic E-state index is 0.135. The first-order valence-corrected chi connectivity index (χ1v) is 8.38. The van der Waals surface area contributed by atoms with E-state index in [1.165, 1.54) is 5.56 Å². The minimum absolute atomic E-state index is 0.135. The van der Waals surface area contributed by atoms with Gasteiger partial charge in [0.25, 0.3) is 0 Å². The Hall–Kier alpha value is 0.130. The second-order valence-corrected chi connectivity index (χ2v) is 7.01. The van der Waals surface area contributed by atoms with Gasteiger partial charge in [0.2, 0.25) is 0 Å². The van der Waals surface area contributed by atoms with Crippen molar-refractivity contribution < 1.29 is 0 Å². The average Bonchev–Trinajstić information content (AvgIpc) is 2.71. The van der Waals surface area contributed by atoms with Crippen LogP contribution in [0.25, 0.3) is 0 Å². The fourth-order valence-electron chi connectivity index (χ4n) is 1.82. The van der Waals surface area contributed by atoms with Crippen LogP contribution in [0, 0.1) is 0 Å². The van der Waals surface area contributed by atoms with Crippen LogP contribution in [0.3, 0.4) is 0 Å². The van der Waals surface area contributed by atoms with Gasteiger partial charge in [-0.25, -0.2) is 0 Å². The van der Waals surface area contributed by atoms with Crippen LogP contribution in [-0.4, -0.2) is 6.54 Å². The molecule has 0 spiro atoms. The quantitative estimate of drug-likeness (QED) is 0.690. The van der Waals surface area contributed by atoms with Crippen molar-refractivity contribution >= 4 is 54.8 Å². The first-order valence-electron chi connectivity index (χ1n) is 5.54. The van der Waals surface area contributed by atoms with Crippen molar-refractivity contribution in [1.29, 1.82) is 0 Å². The monoisotopic (exact) mass is 407 g/mol. The van der Waals surface area contributed by atoms with Gasteiger partial charge in [0.1, 0.15) is 0 Å². The van der Waals surface area contributed by atoms with Gasteiger partial charge >= 0.3 is 0 Å². The summed E-state index contributed by atoms with van der Waals surface area (Å²) in [6.45, 7) is 2.99. The number of nitrogens with one attached hydrogen (secondary N) is 1. The van der Waals surface area contributed by atoms with E-state index < -0.39 is 0 Å². The number of hydrogen-bond donors (Lipinski definition) is 1. The van der Waals surface area contributed by atoms with Crippen molar-refractivity contribution in [2.45, 2.75) is 13.0 Å². The Morgan fingerprint density at radius 3 is 2.44 bits per heavy atom. The summed E-state index contributed by atoms with van der Waals surface area (Å²) < 4.78 is 2.12. The maximum atomic E-state index is 6.25. The van der Waals surface area contributed by atoms with Gasteiger partial charge in [0.15, 0.2) is 0 Å². The van der Waals surface area contributed by atoms with Crippen molar-refractivity contribution in [2.24, 2.45) is 0 Å². The number of halogens is 3. The third kappa shape index (κ3) is 3.36. The highest BCUT2D eigenvalue weighted by Crippen LogP contribution is 2.35. The summed E-state index contributed by atoms with van der Waals surface area (Å²) in [6, 6.07) is 8.35. The van der Waals surface area contributed by atoms with Crippen LogP contribution in [0.5, 0.6) is 0 Å². The van der Waals surface area contributed by atoms with E-state index in [-0.39, 0.29) is 6.04 Å². The first kappa shape index (κ1) is 14.5. The van der Waals surface area contributed by atoms with E-state index in [0.717, 1.165) is 25.4 Å². The SMILES string of the molecule is CCNC(c1cc(Br)cc(Br)c1)c1sccc1Cl. The zero-order valence-corrected chi connectivity index (χ0v) is 14.5. The van der Waals surface area contributed by atoms with Crippen LogP contribution >= 0.6 is 54.8 Å². The molecule has 2 aromatic rings. The van der Waals surface area contributed by atoms with E-state index in [1.807, 2.05) is 17.5 Å². The minimum Gasteiger partial charge on any atom is -0.306 e. The van der Waals surface area contributed by atoms with Crippen LogP contribution < -0.4 is 5.32 Å². The fraction of sp³-hybridized carbons (Fsp3) is 0.231. The molecule has 0 aliphatic heterocycles. The van der Waals surface area contributed by atoms with E-state index in [2.05, 4.69) is 56.2 Å². The Morgan fingerprint density at radius 2 is 1.94 bits per heavy atom. The van der Waals surface area contributed by atoms with E-state index >= 15 is 0 Å². The molecule has 18 heavy (non-hydrogen) atoms. The smallest absolute Gasteiger partial charge is 0.0686 e. The molecule has 1 heterocycles. The van der Waals surface area contributed by atoms with E-state index in [1.54, 1.807) is 11.3 Å². The first-order chi connectivity index (χ1) is 8.61. The molecule has 0 fully saturated rings. The van der Waals surface area contributed by atoms with Crippen molar-refractivity contribution in [2.75, 3.05) is 6.54 Å². The lowest BCUT2D eigenvalue weighted by Gasteiger charge is -2.18. The van der Waals surface area contributed by atoms with Gasteiger partial charge in [-0.3, -0.25) is 0 Å². The number of benzene rings is 1. The van der Waals surface area contributed by atoms with Crippen molar-refractivity contribution in [1.82, 2.24) is 5.32 Å². The van der Waals surface area contributed by atoms with Gasteiger partial charge in [0.05, 0.1) is 11.1 Å². The maximum absolute atomic E-state index is 6.25. The summed E-state index contributed by atoms with van der Waals surface area (Å²) in [4.78, 5) is 1.16. The van der Waals surface area contributed by atoms with Crippen LogP contribution in [0.1, 0.15) is 23.4 Å². The molecule has 1 N–H and O–H groups in total. The predicted molar refractivity (Wildman–Crippen MR) is 86.7 cm³/mol. The Kier molecular flexibility index (Phi) is 5.27. The third-order valence-electron chi connectivity index (χ3n) is 2.53. The Balaban J connectivity index is 2.44. The molecule has 5 heteroatoms. The molecular formula is C13H12Br2ClNS. The highest BCUT2D eigenvalue weighted by atomic mass is 79.9. The van der Waals surface area contributed by atoms with Crippen LogP contribution in [0.2, 0.25) is 5.02 Å². The lowest BCUT2D eigenvalue weighted by atomic mass is 10.1. The molecule has 0 aliphatic carbocycles. The molecule has 1 unspecified atom stereocenters. The summed E-state index contributed by atoms with van der Waals surface area (Å²) in [6.07, 6.45) is 0. The third-order valence-corrected chi connectivity index (χ3v) is 4.87. The molecule has 2 rings (SSSR count). The lowest BCUT2D eigenvalue weighted by Crippen LogP contribution is -2.21. The molecule has 0 bridgehead atoms. The number of thiophene rings is 1. The Labute approximate surface area is 133 Å². The zero-order valence-electron chi connectivity index (χ0n) is 9.71. The normalized spacial score (nSPS) is 12.7. The van der Waals surface area contributed by atoms with Crippen molar-refractivity contribution in [3.63, 3.8) is 0 Å². The van der Waals surface area contributed by atoms with Crippen molar-refractivity contribution in [3.05, 3.63) is 54.1 Å². The van der Waals surface area contributed by atoms with Gasteiger partial charge in [-0.2, -0.15) is 0 Å². The van der Waals surface area contributed by atoms with Gasteiger partial charge < -0.3 is 5.32 Å². The van der Waals surface area contributed by atoms with Gasteiger partial charge in [0, 0.05) is 13.8 Å². The van der Waals surface area contributed by atoms with E-state index in [9.17, 15) is 0 Å². The molecule has 0 saturated heterocycles.